The lowest BCUT2D eigenvalue weighted by Gasteiger charge is -2.59. The summed E-state index contributed by atoms with van der Waals surface area (Å²) < 4.78 is 0. The number of carbonyl (C=O) groups is 2. The summed E-state index contributed by atoms with van der Waals surface area (Å²) in [6, 6.07) is 7.48. The third-order valence-electron chi connectivity index (χ3n) is 6.66. The van der Waals surface area contributed by atoms with E-state index < -0.39 is 0 Å². The average Bonchev–Trinajstić information content (AvgIpc) is 2.59. The number of benzene rings is 1. The van der Waals surface area contributed by atoms with Crippen molar-refractivity contribution >= 4 is 35.0 Å². The molecule has 0 aromatic heterocycles. The van der Waals surface area contributed by atoms with Crippen molar-refractivity contribution in [3.05, 3.63) is 34.9 Å². The van der Waals surface area contributed by atoms with Gasteiger partial charge in [-0.2, -0.15) is 0 Å². The quantitative estimate of drug-likeness (QED) is 0.748. The van der Waals surface area contributed by atoms with Crippen LogP contribution < -0.4 is 5.32 Å². The molecule has 1 N–H and O–H groups in total. The number of halogens is 2. The van der Waals surface area contributed by atoms with Crippen molar-refractivity contribution in [1.82, 2.24) is 10.2 Å². The van der Waals surface area contributed by atoms with E-state index in [1.54, 1.807) is 11.9 Å². The summed E-state index contributed by atoms with van der Waals surface area (Å²) in [4.78, 5) is 26.9. The van der Waals surface area contributed by atoms with Crippen molar-refractivity contribution in [2.75, 3.05) is 13.6 Å². The minimum atomic E-state index is -0.368. The highest BCUT2D eigenvalue weighted by Crippen LogP contribution is 2.63. The highest BCUT2D eigenvalue weighted by Gasteiger charge is 2.60. The van der Waals surface area contributed by atoms with E-state index in [0.29, 0.717) is 23.4 Å². The van der Waals surface area contributed by atoms with Crippen molar-refractivity contribution in [3.8, 4) is 0 Å². The Morgan fingerprint density at radius 2 is 1.85 bits per heavy atom. The van der Waals surface area contributed by atoms with Gasteiger partial charge in [0.15, 0.2) is 0 Å². The van der Waals surface area contributed by atoms with E-state index in [2.05, 4.69) is 5.32 Å². The van der Waals surface area contributed by atoms with Crippen LogP contribution in [0.15, 0.2) is 24.3 Å². The molecule has 6 heteroatoms. The summed E-state index contributed by atoms with van der Waals surface area (Å²) in [6.07, 6.45) is 5.90. The van der Waals surface area contributed by atoms with Gasteiger partial charge >= 0.3 is 0 Å². The molecule has 1 aromatic carbocycles. The van der Waals surface area contributed by atoms with Crippen LogP contribution in [0.5, 0.6) is 0 Å². The molecular formula is C21H26Cl2N2O2. The third-order valence-corrected chi connectivity index (χ3v) is 7.47. The van der Waals surface area contributed by atoms with E-state index in [0.717, 1.165) is 37.7 Å². The SMILES string of the molecule is CN(Cc1ccccc1Cl)C(=O)CNC(=O)C12C[C@@H]3C[C@@H](CC(Cl)(C3)C1)C2. The highest BCUT2D eigenvalue weighted by atomic mass is 35.5. The zero-order valence-corrected chi connectivity index (χ0v) is 17.2. The molecule has 5 rings (SSSR count). The van der Waals surface area contributed by atoms with Gasteiger partial charge in [-0.25, -0.2) is 0 Å². The molecule has 0 aliphatic heterocycles. The second kappa shape index (κ2) is 6.97. The van der Waals surface area contributed by atoms with Crippen LogP contribution in [0.3, 0.4) is 0 Å². The lowest BCUT2D eigenvalue weighted by Crippen LogP contribution is -2.59. The molecule has 4 atom stereocenters. The Hall–Kier alpha value is -1.26. The first-order chi connectivity index (χ1) is 12.8. The minimum absolute atomic E-state index is 0.0149. The molecule has 0 saturated heterocycles. The van der Waals surface area contributed by atoms with Crippen LogP contribution in [-0.4, -0.2) is 35.2 Å². The lowest BCUT2D eigenvalue weighted by atomic mass is 9.49. The van der Waals surface area contributed by atoms with Crippen molar-refractivity contribution in [3.63, 3.8) is 0 Å². The molecule has 4 aliphatic carbocycles. The van der Waals surface area contributed by atoms with Crippen molar-refractivity contribution in [2.45, 2.75) is 49.9 Å². The van der Waals surface area contributed by atoms with E-state index in [1.165, 1.54) is 6.42 Å². The predicted molar refractivity (Wildman–Crippen MR) is 107 cm³/mol. The zero-order chi connectivity index (χ0) is 19.2. The van der Waals surface area contributed by atoms with Crippen LogP contribution in [0.2, 0.25) is 5.02 Å². The van der Waals surface area contributed by atoms with Crippen LogP contribution in [0.1, 0.15) is 44.1 Å². The smallest absolute Gasteiger partial charge is 0.242 e. The fourth-order valence-electron chi connectivity index (χ4n) is 5.87. The van der Waals surface area contributed by atoms with Crippen LogP contribution in [0.4, 0.5) is 0 Å². The van der Waals surface area contributed by atoms with E-state index in [-0.39, 0.29) is 28.6 Å². The molecule has 4 fully saturated rings. The summed E-state index contributed by atoms with van der Waals surface area (Å²) in [5, 5.41) is 3.56. The second-order valence-corrected chi connectivity index (χ2v) is 10.1. The number of alkyl halides is 1. The van der Waals surface area contributed by atoms with Crippen LogP contribution in [-0.2, 0) is 16.1 Å². The molecule has 4 nitrogen and oxygen atoms in total. The minimum Gasteiger partial charge on any atom is -0.347 e. The highest BCUT2D eigenvalue weighted by molar-refractivity contribution is 6.31. The third kappa shape index (κ3) is 3.71. The molecule has 0 radical (unpaired) electrons. The molecule has 4 saturated carbocycles. The monoisotopic (exact) mass is 408 g/mol. The van der Waals surface area contributed by atoms with Gasteiger partial charge in [-0.05, 0) is 62.0 Å². The van der Waals surface area contributed by atoms with E-state index >= 15 is 0 Å². The Morgan fingerprint density at radius 3 is 2.48 bits per heavy atom. The van der Waals surface area contributed by atoms with Crippen LogP contribution in [0.25, 0.3) is 0 Å². The van der Waals surface area contributed by atoms with Crippen LogP contribution >= 0.6 is 23.2 Å². The molecule has 2 unspecified atom stereocenters. The normalized spacial score (nSPS) is 33.7. The van der Waals surface area contributed by atoms with Gasteiger partial charge in [0.25, 0.3) is 0 Å². The Labute approximate surface area is 170 Å². The number of carbonyl (C=O) groups excluding carboxylic acids is 2. The molecular weight excluding hydrogens is 383 g/mol. The Balaban J connectivity index is 1.35. The lowest BCUT2D eigenvalue weighted by molar-refractivity contribution is -0.146. The van der Waals surface area contributed by atoms with Crippen LogP contribution in [0, 0.1) is 17.3 Å². The number of amides is 2. The van der Waals surface area contributed by atoms with Gasteiger partial charge in [0, 0.05) is 23.5 Å². The topological polar surface area (TPSA) is 49.4 Å². The standard InChI is InChI=1S/C21H26Cl2N2O2/c1-25(12-16-4-2-3-5-17(16)22)18(26)11-24-19(27)20-7-14-6-15(8-20)10-21(23,9-14)13-20/h2-5,14-15H,6-13H2,1H3,(H,24,27)/t14-,15+,20?,21?. The van der Waals surface area contributed by atoms with Gasteiger partial charge in [-0.3, -0.25) is 9.59 Å². The molecule has 2 amide bonds. The number of nitrogens with one attached hydrogen (secondary N) is 1. The summed E-state index contributed by atoms with van der Waals surface area (Å²) in [5.74, 6) is 1.02. The number of likely N-dealkylation sites (N-methyl/N-ethyl adjacent to an activating group) is 1. The molecule has 4 aliphatic rings. The first-order valence-corrected chi connectivity index (χ1v) is 10.5. The maximum Gasteiger partial charge on any atom is 0.242 e. The molecule has 0 spiro atoms. The number of hydrogen-bond donors (Lipinski definition) is 1. The molecule has 4 bridgehead atoms. The van der Waals surface area contributed by atoms with E-state index in [1.807, 2.05) is 24.3 Å². The van der Waals surface area contributed by atoms with Gasteiger partial charge in [0.1, 0.15) is 0 Å². The second-order valence-electron chi connectivity index (χ2n) is 8.92. The summed E-state index contributed by atoms with van der Waals surface area (Å²) in [6.45, 7) is 0.445. The van der Waals surface area contributed by atoms with Crippen molar-refractivity contribution < 1.29 is 9.59 Å². The van der Waals surface area contributed by atoms with Gasteiger partial charge in [0.2, 0.25) is 11.8 Å². The van der Waals surface area contributed by atoms with Gasteiger partial charge in [-0.1, -0.05) is 29.8 Å². The number of rotatable bonds is 5. The molecule has 27 heavy (non-hydrogen) atoms. The fraction of sp³-hybridized carbons (Fsp3) is 0.619. The summed E-state index contributed by atoms with van der Waals surface area (Å²) in [7, 11) is 1.73. The first-order valence-electron chi connectivity index (χ1n) is 9.73. The molecule has 0 heterocycles. The summed E-state index contributed by atoms with van der Waals surface area (Å²) in [5.41, 5.74) is 0.527. The van der Waals surface area contributed by atoms with Crippen molar-refractivity contribution in [1.29, 1.82) is 0 Å². The van der Waals surface area contributed by atoms with Crippen molar-refractivity contribution in [2.24, 2.45) is 17.3 Å². The maximum absolute atomic E-state index is 13.0. The number of hydrogen-bond acceptors (Lipinski definition) is 2. The van der Waals surface area contributed by atoms with E-state index in [4.69, 9.17) is 23.2 Å². The average molecular weight is 409 g/mol. The van der Waals surface area contributed by atoms with Gasteiger partial charge < -0.3 is 10.2 Å². The van der Waals surface area contributed by atoms with Gasteiger partial charge in [-0.15, -0.1) is 11.6 Å². The summed E-state index contributed by atoms with van der Waals surface area (Å²) >= 11 is 13.0. The Kier molecular flexibility index (Phi) is 4.92. The first kappa shape index (κ1) is 19.1. The predicted octanol–water partition coefficient (Wildman–Crippen LogP) is 3.99. The Morgan fingerprint density at radius 1 is 1.19 bits per heavy atom. The number of nitrogens with zero attached hydrogens (tertiary/aromatic N) is 1. The van der Waals surface area contributed by atoms with Gasteiger partial charge in [0.05, 0.1) is 12.0 Å². The fourth-order valence-corrected chi connectivity index (χ4v) is 6.75. The van der Waals surface area contributed by atoms with E-state index in [9.17, 15) is 9.59 Å². The molecule has 146 valence electrons. The largest absolute Gasteiger partial charge is 0.347 e. The maximum atomic E-state index is 13.0. The Bertz CT molecular complexity index is 752. The zero-order valence-electron chi connectivity index (χ0n) is 15.6. The molecule has 1 aromatic rings.